The highest BCUT2D eigenvalue weighted by Crippen LogP contribution is 2.02. The number of hydrogen-bond donors (Lipinski definition) is 1. The van der Waals surface area contributed by atoms with E-state index in [1.54, 1.807) is 0 Å². The highest BCUT2D eigenvalue weighted by molar-refractivity contribution is 6.36. The van der Waals surface area contributed by atoms with Crippen LogP contribution in [0.1, 0.15) is 22.2 Å². The molecule has 0 spiro atoms. The molecule has 5 heteroatoms. The SMILES string of the molecule is CC(=O)C(=O)n1cccc1C(=O)O. The van der Waals surface area contributed by atoms with Crippen molar-refractivity contribution in [2.24, 2.45) is 0 Å². The van der Waals surface area contributed by atoms with Gasteiger partial charge in [-0.2, -0.15) is 0 Å². The fraction of sp³-hybridized carbons (Fsp3) is 0.125. The smallest absolute Gasteiger partial charge is 0.352 e. The van der Waals surface area contributed by atoms with Gasteiger partial charge in [-0.15, -0.1) is 0 Å². The van der Waals surface area contributed by atoms with Crippen molar-refractivity contribution in [2.45, 2.75) is 6.92 Å². The lowest BCUT2D eigenvalue weighted by atomic mass is 10.4. The summed E-state index contributed by atoms with van der Waals surface area (Å²) in [4.78, 5) is 32.3. The first-order chi connectivity index (χ1) is 6.04. The zero-order chi connectivity index (χ0) is 10.0. The van der Waals surface area contributed by atoms with Gasteiger partial charge in [0, 0.05) is 13.1 Å². The number of aromatic nitrogens is 1. The summed E-state index contributed by atoms with van der Waals surface area (Å²) in [5.41, 5.74) is -0.208. The Morgan fingerprint density at radius 2 is 2.00 bits per heavy atom. The van der Waals surface area contributed by atoms with E-state index in [4.69, 9.17) is 5.11 Å². The second-order valence-corrected chi connectivity index (χ2v) is 2.43. The van der Waals surface area contributed by atoms with Crippen molar-refractivity contribution in [1.29, 1.82) is 0 Å². The van der Waals surface area contributed by atoms with E-state index in [1.165, 1.54) is 18.3 Å². The van der Waals surface area contributed by atoms with E-state index in [9.17, 15) is 14.4 Å². The van der Waals surface area contributed by atoms with Gasteiger partial charge in [-0.3, -0.25) is 14.2 Å². The van der Waals surface area contributed by atoms with E-state index >= 15 is 0 Å². The number of rotatable bonds is 2. The van der Waals surface area contributed by atoms with Crippen molar-refractivity contribution in [3.63, 3.8) is 0 Å². The zero-order valence-corrected chi connectivity index (χ0v) is 6.85. The topological polar surface area (TPSA) is 76.4 Å². The summed E-state index contributed by atoms with van der Waals surface area (Å²) in [6.45, 7) is 1.09. The van der Waals surface area contributed by atoms with E-state index in [2.05, 4.69) is 0 Å². The van der Waals surface area contributed by atoms with Crippen molar-refractivity contribution in [2.75, 3.05) is 0 Å². The number of ketones is 1. The van der Waals surface area contributed by atoms with Crippen LogP contribution in [0.25, 0.3) is 0 Å². The molecule has 68 valence electrons. The van der Waals surface area contributed by atoms with Crippen LogP contribution in [-0.4, -0.2) is 27.3 Å². The molecule has 0 bridgehead atoms. The molecule has 0 aromatic carbocycles. The van der Waals surface area contributed by atoms with Gasteiger partial charge in [-0.05, 0) is 12.1 Å². The average Bonchev–Trinajstić information content (AvgIpc) is 2.50. The van der Waals surface area contributed by atoms with E-state index < -0.39 is 17.7 Å². The van der Waals surface area contributed by atoms with Crippen molar-refractivity contribution in [3.05, 3.63) is 24.0 Å². The monoisotopic (exact) mass is 181 g/mol. The lowest BCUT2D eigenvalue weighted by molar-refractivity contribution is -0.113. The molecule has 0 unspecified atom stereocenters. The Bertz CT molecular complexity index is 377. The molecule has 0 amide bonds. The van der Waals surface area contributed by atoms with Crippen LogP contribution in [0, 0.1) is 0 Å². The van der Waals surface area contributed by atoms with Gasteiger partial charge in [0.05, 0.1) is 0 Å². The van der Waals surface area contributed by atoms with Crippen LogP contribution in [0.15, 0.2) is 18.3 Å². The summed E-state index contributed by atoms with van der Waals surface area (Å²) in [7, 11) is 0. The fourth-order valence-electron chi connectivity index (χ4n) is 0.902. The molecule has 0 aliphatic rings. The maximum atomic E-state index is 11.1. The van der Waals surface area contributed by atoms with Gasteiger partial charge >= 0.3 is 5.97 Å². The van der Waals surface area contributed by atoms with Gasteiger partial charge in [0.15, 0.2) is 0 Å². The first-order valence-electron chi connectivity index (χ1n) is 3.50. The van der Waals surface area contributed by atoms with Crippen LogP contribution in [0.3, 0.4) is 0 Å². The Labute approximate surface area is 73.6 Å². The summed E-state index contributed by atoms with van der Waals surface area (Å²) in [5.74, 6) is -2.78. The molecule has 1 aromatic rings. The minimum absolute atomic E-state index is 0.208. The number of aromatic carboxylic acids is 1. The number of carbonyl (C=O) groups excluding carboxylic acids is 2. The molecule has 1 aromatic heterocycles. The lowest BCUT2D eigenvalue weighted by Crippen LogP contribution is -2.21. The molecule has 1 N–H and O–H groups in total. The van der Waals surface area contributed by atoms with E-state index in [1.807, 2.05) is 0 Å². The normalized spacial score (nSPS) is 9.62. The molecule has 0 aliphatic carbocycles. The van der Waals surface area contributed by atoms with Crippen LogP contribution >= 0.6 is 0 Å². The molecule has 0 fully saturated rings. The summed E-state index contributed by atoms with van der Waals surface area (Å²) in [6, 6.07) is 2.65. The molecule has 13 heavy (non-hydrogen) atoms. The molecule has 0 aliphatic heterocycles. The van der Waals surface area contributed by atoms with Crippen LogP contribution in [0.2, 0.25) is 0 Å². The Balaban J connectivity index is 3.15. The van der Waals surface area contributed by atoms with E-state index in [0.717, 1.165) is 11.5 Å². The summed E-state index contributed by atoms with van der Waals surface area (Å²) in [6.07, 6.45) is 1.24. The van der Waals surface area contributed by atoms with Gasteiger partial charge in [0.1, 0.15) is 5.69 Å². The van der Waals surface area contributed by atoms with Crippen molar-refractivity contribution in [3.8, 4) is 0 Å². The number of nitrogens with zero attached hydrogens (tertiary/aromatic N) is 1. The molecular formula is C8H7NO4. The lowest BCUT2D eigenvalue weighted by Gasteiger charge is -2.00. The van der Waals surface area contributed by atoms with Crippen LogP contribution in [-0.2, 0) is 4.79 Å². The number of carbonyl (C=O) groups is 3. The van der Waals surface area contributed by atoms with Crippen molar-refractivity contribution in [1.82, 2.24) is 4.57 Å². The first-order valence-corrected chi connectivity index (χ1v) is 3.50. The fourth-order valence-corrected chi connectivity index (χ4v) is 0.902. The molecule has 1 rings (SSSR count). The zero-order valence-electron chi connectivity index (χ0n) is 6.85. The average molecular weight is 181 g/mol. The summed E-state index contributed by atoms with van der Waals surface area (Å²) >= 11 is 0. The van der Waals surface area contributed by atoms with Gasteiger partial charge in [0.2, 0.25) is 5.78 Å². The third-order valence-corrected chi connectivity index (χ3v) is 1.49. The maximum absolute atomic E-state index is 11.1. The number of carboxylic acids is 1. The minimum atomic E-state index is -1.24. The summed E-state index contributed by atoms with van der Waals surface area (Å²) in [5, 5.41) is 8.60. The Morgan fingerprint density at radius 1 is 1.38 bits per heavy atom. The van der Waals surface area contributed by atoms with E-state index in [0.29, 0.717) is 0 Å². The van der Waals surface area contributed by atoms with Gasteiger partial charge in [-0.25, -0.2) is 4.79 Å². The number of carboxylic acid groups (broad SMARTS) is 1. The summed E-state index contributed by atoms with van der Waals surface area (Å²) < 4.78 is 0.810. The largest absolute Gasteiger partial charge is 0.477 e. The second-order valence-electron chi connectivity index (χ2n) is 2.43. The Morgan fingerprint density at radius 3 is 2.46 bits per heavy atom. The molecule has 5 nitrogen and oxygen atoms in total. The van der Waals surface area contributed by atoms with E-state index in [-0.39, 0.29) is 5.69 Å². The van der Waals surface area contributed by atoms with Crippen molar-refractivity contribution < 1.29 is 19.5 Å². The quantitative estimate of drug-likeness (QED) is 0.670. The molecule has 0 radical (unpaired) electrons. The highest BCUT2D eigenvalue weighted by atomic mass is 16.4. The molecule has 0 saturated heterocycles. The molecule has 0 saturated carbocycles. The molecule has 1 heterocycles. The minimum Gasteiger partial charge on any atom is -0.477 e. The maximum Gasteiger partial charge on any atom is 0.352 e. The third kappa shape index (κ3) is 1.64. The van der Waals surface area contributed by atoms with Gasteiger partial charge < -0.3 is 5.11 Å². The van der Waals surface area contributed by atoms with Gasteiger partial charge in [0.25, 0.3) is 5.91 Å². The van der Waals surface area contributed by atoms with Crippen LogP contribution in [0.4, 0.5) is 0 Å². The van der Waals surface area contributed by atoms with Crippen molar-refractivity contribution >= 4 is 17.7 Å². The highest BCUT2D eigenvalue weighted by Gasteiger charge is 2.17. The predicted molar refractivity (Wildman–Crippen MR) is 42.7 cm³/mol. The molecule has 0 atom stereocenters. The Hall–Kier alpha value is -1.91. The first kappa shape index (κ1) is 9.18. The second kappa shape index (κ2) is 3.22. The third-order valence-electron chi connectivity index (χ3n) is 1.49. The Kier molecular flexibility index (Phi) is 2.27. The number of Topliss-reactive ketones (excluding diaryl/α,β-unsaturated/α-hetero) is 1. The van der Waals surface area contributed by atoms with Gasteiger partial charge in [-0.1, -0.05) is 0 Å². The number of hydrogen-bond acceptors (Lipinski definition) is 3. The van der Waals surface area contributed by atoms with Crippen LogP contribution in [0.5, 0.6) is 0 Å². The standard InChI is InChI=1S/C8H7NO4/c1-5(10)7(11)9-4-2-3-6(9)8(12)13/h2-4H,1H3,(H,12,13). The molecular weight excluding hydrogens is 174 g/mol. The predicted octanol–water partition coefficient (Wildman–Crippen LogP) is 0.416. The van der Waals surface area contributed by atoms with Crippen LogP contribution < -0.4 is 0 Å².